The molecule has 0 aliphatic carbocycles. The average molecular weight is 200 g/mol. The number of piperazine rings is 1. The fourth-order valence-electron chi connectivity index (χ4n) is 1.85. The van der Waals surface area contributed by atoms with Crippen molar-refractivity contribution >= 4 is 5.97 Å². The third-order valence-electron chi connectivity index (χ3n) is 3.09. The first-order chi connectivity index (χ1) is 6.52. The standard InChI is InChI=1S/C10H20N2O2/c1-7-6-12(5-4-11-7)9(3)8(2)10(13)14/h7-9,11H,4-6H2,1-3H3,(H,13,14)/t7-,8?,9?/m1/s1. The first-order valence-electron chi connectivity index (χ1n) is 5.22. The van der Waals surface area contributed by atoms with Crippen LogP contribution < -0.4 is 5.32 Å². The van der Waals surface area contributed by atoms with Crippen molar-refractivity contribution in [3.05, 3.63) is 0 Å². The van der Waals surface area contributed by atoms with E-state index in [0.29, 0.717) is 6.04 Å². The van der Waals surface area contributed by atoms with Gasteiger partial charge in [0.1, 0.15) is 0 Å². The number of hydrogen-bond donors (Lipinski definition) is 2. The van der Waals surface area contributed by atoms with Gasteiger partial charge in [0, 0.05) is 31.7 Å². The van der Waals surface area contributed by atoms with Crippen LogP contribution in [0.1, 0.15) is 20.8 Å². The van der Waals surface area contributed by atoms with Gasteiger partial charge in [-0.05, 0) is 13.8 Å². The van der Waals surface area contributed by atoms with Crippen LogP contribution in [0.4, 0.5) is 0 Å². The summed E-state index contributed by atoms with van der Waals surface area (Å²) in [6.07, 6.45) is 0. The highest BCUT2D eigenvalue weighted by molar-refractivity contribution is 5.70. The molecule has 14 heavy (non-hydrogen) atoms. The van der Waals surface area contributed by atoms with Crippen molar-refractivity contribution in [2.75, 3.05) is 19.6 Å². The van der Waals surface area contributed by atoms with E-state index in [1.807, 2.05) is 6.92 Å². The van der Waals surface area contributed by atoms with Gasteiger partial charge in [-0.1, -0.05) is 6.92 Å². The van der Waals surface area contributed by atoms with Gasteiger partial charge in [0.25, 0.3) is 0 Å². The molecule has 1 heterocycles. The minimum Gasteiger partial charge on any atom is -0.481 e. The Hall–Kier alpha value is -0.610. The molecule has 0 bridgehead atoms. The molecule has 0 aromatic rings. The molecular weight excluding hydrogens is 180 g/mol. The summed E-state index contributed by atoms with van der Waals surface area (Å²) < 4.78 is 0. The molecule has 1 aliphatic heterocycles. The average Bonchev–Trinajstić information content (AvgIpc) is 2.15. The Morgan fingerprint density at radius 1 is 1.57 bits per heavy atom. The lowest BCUT2D eigenvalue weighted by molar-refractivity contribution is -0.143. The summed E-state index contributed by atoms with van der Waals surface area (Å²) in [5.41, 5.74) is 0. The monoisotopic (exact) mass is 200 g/mol. The van der Waals surface area contributed by atoms with Crippen LogP contribution >= 0.6 is 0 Å². The van der Waals surface area contributed by atoms with Gasteiger partial charge in [0.15, 0.2) is 0 Å². The molecule has 4 heteroatoms. The van der Waals surface area contributed by atoms with Crippen LogP contribution in [0.3, 0.4) is 0 Å². The van der Waals surface area contributed by atoms with Crippen molar-refractivity contribution in [1.29, 1.82) is 0 Å². The number of carbonyl (C=O) groups is 1. The van der Waals surface area contributed by atoms with E-state index in [2.05, 4.69) is 17.1 Å². The molecule has 0 amide bonds. The number of hydrogen-bond acceptors (Lipinski definition) is 3. The van der Waals surface area contributed by atoms with E-state index in [9.17, 15) is 4.79 Å². The van der Waals surface area contributed by atoms with Gasteiger partial charge in [-0.15, -0.1) is 0 Å². The third kappa shape index (κ3) is 2.69. The van der Waals surface area contributed by atoms with E-state index in [4.69, 9.17) is 5.11 Å². The number of nitrogens with zero attached hydrogens (tertiary/aromatic N) is 1. The summed E-state index contributed by atoms with van der Waals surface area (Å²) >= 11 is 0. The fourth-order valence-corrected chi connectivity index (χ4v) is 1.85. The molecule has 2 unspecified atom stereocenters. The number of nitrogens with one attached hydrogen (secondary N) is 1. The normalized spacial score (nSPS) is 28.4. The summed E-state index contributed by atoms with van der Waals surface area (Å²) in [6.45, 7) is 8.75. The van der Waals surface area contributed by atoms with E-state index in [-0.39, 0.29) is 12.0 Å². The number of carboxylic acid groups (broad SMARTS) is 1. The first kappa shape index (κ1) is 11.5. The topological polar surface area (TPSA) is 52.6 Å². The second-order valence-electron chi connectivity index (χ2n) is 4.22. The minimum atomic E-state index is -0.705. The molecule has 82 valence electrons. The highest BCUT2D eigenvalue weighted by Crippen LogP contribution is 2.13. The molecule has 1 rings (SSSR count). The van der Waals surface area contributed by atoms with Gasteiger partial charge in [-0.25, -0.2) is 0 Å². The van der Waals surface area contributed by atoms with Crippen molar-refractivity contribution in [2.24, 2.45) is 5.92 Å². The summed E-state index contributed by atoms with van der Waals surface area (Å²) in [6, 6.07) is 0.587. The smallest absolute Gasteiger partial charge is 0.307 e. The lowest BCUT2D eigenvalue weighted by atomic mass is 10.0. The largest absolute Gasteiger partial charge is 0.481 e. The molecule has 0 spiro atoms. The van der Waals surface area contributed by atoms with E-state index in [1.165, 1.54) is 0 Å². The molecule has 3 atom stereocenters. The number of carboxylic acids is 1. The van der Waals surface area contributed by atoms with Crippen LogP contribution in [0.5, 0.6) is 0 Å². The Balaban J connectivity index is 2.50. The Morgan fingerprint density at radius 3 is 2.71 bits per heavy atom. The maximum Gasteiger partial charge on any atom is 0.307 e. The second-order valence-corrected chi connectivity index (χ2v) is 4.22. The molecule has 0 saturated carbocycles. The Labute approximate surface area is 85.3 Å². The summed E-state index contributed by atoms with van der Waals surface area (Å²) in [7, 11) is 0. The zero-order chi connectivity index (χ0) is 10.7. The minimum absolute atomic E-state index is 0.122. The van der Waals surface area contributed by atoms with Gasteiger partial charge >= 0.3 is 5.97 Å². The second kappa shape index (κ2) is 4.75. The van der Waals surface area contributed by atoms with Gasteiger partial charge in [0.05, 0.1) is 5.92 Å². The molecule has 0 aromatic heterocycles. The molecule has 1 fully saturated rings. The maximum absolute atomic E-state index is 10.8. The van der Waals surface area contributed by atoms with Crippen molar-refractivity contribution in [3.63, 3.8) is 0 Å². The molecular formula is C10H20N2O2. The van der Waals surface area contributed by atoms with Gasteiger partial charge in [-0.2, -0.15) is 0 Å². The third-order valence-corrected chi connectivity index (χ3v) is 3.09. The summed E-state index contributed by atoms with van der Waals surface area (Å²) in [5.74, 6) is -0.996. The lowest BCUT2D eigenvalue weighted by Crippen LogP contribution is -2.54. The van der Waals surface area contributed by atoms with Gasteiger partial charge < -0.3 is 10.4 Å². The van der Waals surface area contributed by atoms with Crippen molar-refractivity contribution < 1.29 is 9.90 Å². The Morgan fingerprint density at radius 2 is 2.21 bits per heavy atom. The molecule has 2 N–H and O–H groups in total. The van der Waals surface area contributed by atoms with Crippen LogP contribution in [-0.2, 0) is 4.79 Å². The predicted octanol–water partition coefficient (Wildman–Crippen LogP) is 0.389. The molecule has 4 nitrogen and oxygen atoms in total. The van der Waals surface area contributed by atoms with E-state index < -0.39 is 5.97 Å². The molecule has 1 saturated heterocycles. The zero-order valence-corrected chi connectivity index (χ0v) is 9.16. The molecule has 0 aromatic carbocycles. The predicted molar refractivity (Wildman–Crippen MR) is 55.3 cm³/mol. The summed E-state index contributed by atoms with van der Waals surface area (Å²) in [4.78, 5) is 13.1. The Bertz CT molecular complexity index is 208. The van der Waals surface area contributed by atoms with Crippen LogP contribution in [0.15, 0.2) is 0 Å². The van der Waals surface area contributed by atoms with Crippen molar-refractivity contribution in [2.45, 2.75) is 32.9 Å². The zero-order valence-electron chi connectivity index (χ0n) is 9.16. The molecule has 1 aliphatic rings. The number of aliphatic carboxylic acids is 1. The highest BCUT2D eigenvalue weighted by atomic mass is 16.4. The van der Waals surface area contributed by atoms with Gasteiger partial charge in [0.2, 0.25) is 0 Å². The maximum atomic E-state index is 10.8. The van der Waals surface area contributed by atoms with E-state index >= 15 is 0 Å². The lowest BCUT2D eigenvalue weighted by Gasteiger charge is -2.37. The van der Waals surface area contributed by atoms with Crippen molar-refractivity contribution in [3.8, 4) is 0 Å². The van der Waals surface area contributed by atoms with Crippen LogP contribution in [-0.4, -0.2) is 47.7 Å². The Kier molecular flexibility index (Phi) is 3.89. The van der Waals surface area contributed by atoms with Crippen LogP contribution in [0, 0.1) is 5.92 Å². The van der Waals surface area contributed by atoms with Crippen molar-refractivity contribution in [1.82, 2.24) is 10.2 Å². The summed E-state index contributed by atoms with van der Waals surface area (Å²) in [5, 5.41) is 12.3. The van der Waals surface area contributed by atoms with E-state index in [0.717, 1.165) is 19.6 Å². The van der Waals surface area contributed by atoms with Crippen LogP contribution in [0.2, 0.25) is 0 Å². The van der Waals surface area contributed by atoms with Gasteiger partial charge in [-0.3, -0.25) is 9.69 Å². The highest BCUT2D eigenvalue weighted by Gasteiger charge is 2.27. The fraction of sp³-hybridized carbons (Fsp3) is 0.900. The molecule has 0 radical (unpaired) electrons. The SMILES string of the molecule is CC(C(=O)O)C(C)N1CCN[C@H](C)C1. The van der Waals surface area contributed by atoms with Crippen LogP contribution in [0.25, 0.3) is 0 Å². The first-order valence-corrected chi connectivity index (χ1v) is 5.22. The van der Waals surface area contributed by atoms with E-state index in [1.54, 1.807) is 6.92 Å². The number of rotatable bonds is 3. The quantitative estimate of drug-likeness (QED) is 0.692.